The second kappa shape index (κ2) is 7.66. The maximum absolute atomic E-state index is 14.4. The number of hydrogen-bond acceptors (Lipinski definition) is 8. The number of aliphatic hydroxyl groups is 1. The number of para-hydroxylation sites is 1. The normalized spacial score (nSPS) is 35.4. The summed E-state index contributed by atoms with van der Waals surface area (Å²) >= 11 is 0. The van der Waals surface area contributed by atoms with Crippen molar-refractivity contribution in [1.29, 1.82) is 0 Å². The smallest absolute Gasteiger partial charge is 0.338 e. The molecular weight excluding hydrogens is 490 g/mol. The van der Waals surface area contributed by atoms with Gasteiger partial charge in [-0.1, -0.05) is 57.2 Å². The van der Waals surface area contributed by atoms with E-state index in [0.29, 0.717) is 5.69 Å². The van der Waals surface area contributed by atoms with Crippen LogP contribution in [0.15, 0.2) is 54.6 Å². The van der Waals surface area contributed by atoms with Crippen LogP contribution in [0.5, 0.6) is 0 Å². The van der Waals surface area contributed by atoms with E-state index in [9.17, 15) is 24.3 Å². The van der Waals surface area contributed by atoms with Crippen LogP contribution in [-0.4, -0.2) is 53.0 Å². The summed E-state index contributed by atoms with van der Waals surface area (Å²) in [5, 5.41) is 12.7. The molecule has 1 aliphatic carbocycles. The van der Waals surface area contributed by atoms with Gasteiger partial charge in [0.2, 0.25) is 0 Å². The maximum atomic E-state index is 14.4. The van der Waals surface area contributed by atoms with Crippen LogP contribution in [0.2, 0.25) is 0 Å². The summed E-state index contributed by atoms with van der Waals surface area (Å²) in [7, 11) is 0. The number of benzene rings is 2. The Hall–Kier alpha value is -3.72. The molecule has 198 valence electrons. The van der Waals surface area contributed by atoms with E-state index in [1.165, 1.54) is 4.90 Å². The minimum atomic E-state index is -1.82. The minimum absolute atomic E-state index is 0.109. The average molecular weight is 520 g/mol. The molecule has 1 N–H and O–H groups in total. The van der Waals surface area contributed by atoms with Gasteiger partial charge in [-0.15, -0.1) is 0 Å². The quantitative estimate of drug-likeness (QED) is 0.486. The Morgan fingerprint density at radius 1 is 1.03 bits per heavy atom. The van der Waals surface area contributed by atoms with Gasteiger partial charge in [-0.2, -0.15) is 0 Å². The van der Waals surface area contributed by atoms with Gasteiger partial charge < -0.3 is 19.3 Å². The Morgan fingerprint density at radius 2 is 1.68 bits per heavy atom. The standard InChI is InChI=1S/C29H29NO8/c1-16-10-8-9-13-18(16)30-22(32)21(37-23(33)17-11-6-5-7-12-17)29-24(30)38-25(34)27(29)15-20(31)36-19(27)14-28(29,35)26(2,3)4/h5-13,19,21,24,35H,14-15H2,1-4H3/t19-,21-,24-,27-,28+,29?/m0/s1. The third-order valence-electron chi connectivity index (χ3n) is 9.08. The monoisotopic (exact) mass is 519 g/mol. The van der Waals surface area contributed by atoms with Crippen molar-refractivity contribution < 1.29 is 38.5 Å². The fourth-order valence-electron chi connectivity index (χ4n) is 7.35. The number of anilines is 1. The van der Waals surface area contributed by atoms with Crippen LogP contribution in [0.4, 0.5) is 5.69 Å². The van der Waals surface area contributed by atoms with Gasteiger partial charge in [0.25, 0.3) is 5.91 Å². The maximum Gasteiger partial charge on any atom is 0.338 e. The molecule has 1 saturated carbocycles. The van der Waals surface area contributed by atoms with E-state index in [2.05, 4.69) is 0 Å². The van der Waals surface area contributed by atoms with Crippen LogP contribution in [0.25, 0.3) is 0 Å². The third kappa shape index (κ3) is 2.69. The third-order valence-corrected chi connectivity index (χ3v) is 9.08. The number of esters is 3. The molecule has 0 bridgehead atoms. The zero-order chi connectivity index (χ0) is 27.3. The van der Waals surface area contributed by atoms with Gasteiger partial charge in [-0.25, -0.2) is 4.79 Å². The van der Waals surface area contributed by atoms with Gasteiger partial charge in [0.05, 0.1) is 23.3 Å². The molecule has 2 spiro atoms. The Labute approximate surface area is 219 Å². The van der Waals surface area contributed by atoms with Gasteiger partial charge in [0.1, 0.15) is 16.9 Å². The van der Waals surface area contributed by atoms with Gasteiger partial charge in [-0.05, 0) is 36.1 Å². The Morgan fingerprint density at radius 3 is 2.34 bits per heavy atom. The van der Waals surface area contributed by atoms with Gasteiger partial charge in [0, 0.05) is 6.42 Å². The van der Waals surface area contributed by atoms with Crippen molar-refractivity contribution in [2.45, 2.75) is 64.6 Å². The lowest BCUT2D eigenvalue weighted by atomic mass is 9.52. The lowest BCUT2D eigenvalue weighted by Gasteiger charge is -2.51. The van der Waals surface area contributed by atoms with Crippen LogP contribution in [0.1, 0.15) is 49.5 Å². The molecule has 3 aliphatic heterocycles. The molecule has 4 aliphatic rings. The molecule has 2 aromatic carbocycles. The highest BCUT2D eigenvalue weighted by molar-refractivity contribution is 6.07. The van der Waals surface area contributed by atoms with Gasteiger partial charge in [0.15, 0.2) is 12.3 Å². The molecule has 6 rings (SSSR count). The van der Waals surface area contributed by atoms with Crippen LogP contribution in [-0.2, 0) is 28.6 Å². The zero-order valence-corrected chi connectivity index (χ0v) is 21.6. The number of amides is 1. The summed E-state index contributed by atoms with van der Waals surface area (Å²) in [6.45, 7) is 7.17. The van der Waals surface area contributed by atoms with Crippen molar-refractivity contribution in [2.24, 2.45) is 16.2 Å². The lowest BCUT2D eigenvalue weighted by Crippen LogP contribution is -2.66. The Bertz CT molecular complexity index is 1380. The summed E-state index contributed by atoms with van der Waals surface area (Å²) in [6.07, 6.45) is -4.50. The van der Waals surface area contributed by atoms with Crippen LogP contribution in [0.3, 0.4) is 0 Å². The summed E-state index contributed by atoms with van der Waals surface area (Å²) in [6, 6.07) is 15.2. The molecule has 0 radical (unpaired) electrons. The molecule has 0 aromatic heterocycles. The molecule has 9 nitrogen and oxygen atoms in total. The predicted octanol–water partition coefficient (Wildman–Crippen LogP) is 2.92. The first-order valence-electron chi connectivity index (χ1n) is 12.7. The summed E-state index contributed by atoms with van der Waals surface area (Å²) in [4.78, 5) is 55.7. The van der Waals surface area contributed by atoms with Crippen molar-refractivity contribution in [3.05, 3.63) is 65.7 Å². The van der Waals surface area contributed by atoms with Crippen LogP contribution < -0.4 is 4.90 Å². The number of rotatable bonds is 3. The summed E-state index contributed by atoms with van der Waals surface area (Å²) in [5.41, 5.74) is -4.92. The highest BCUT2D eigenvalue weighted by Crippen LogP contribution is 2.76. The first-order valence-corrected chi connectivity index (χ1v) is 12.7. The molecule has 9 heteroatoms. The molecule has 6 atom stereocenters. The van der Waals surface area contributed by atoms with Crippen LogP contribution >= 0.6 is 0 Å². The fraction of sp³-hybridized carbons (Fsp3) is 0.448. The molecule has 3 saturated heterocycles. The number of ether oxygens (including phenoxy) is 3. The molecule has 4 fully saturated rings. The van der Waals surface area contributed by atoms with E-state index in [1.807, 2.05) is 6.07 Å². The first-order chi connectivity index (χ1) is 17.9. The number of aryl methyl sites for hydroxylation is 1. The largest absolute Gasteiger partial charge is 0.461 e. The summed E-state index contributed by atoms with van der Waals surface area (Å²) in [5.74, 6) is -2.80. The van der Waals surface area contributed by atoms with E-state index in [-0.39, 0.29) is 18.4 Å². The Balaban J connectivity index is 1.63. The fourth-order valence-corrected chi connectivity index (χ4v) is 7.35. The van der Waals surface area contributed by atoms with E-state index in [4.69, 9.17) is 14.2 Å². The highest BCUT2D eigenvalue weighted by Gasteiger charge is 2.93. The number of nitrogens with zero attached hydrogens (tertiary/aromatic N) is 1. The second-order valence-electron chi connectivity index (χ2n) is 11.7. The van der Waals surface area contributed by atoms with Crippen molar-refractivity contribution in [1.82, 2.24) is 0 Å². The first kappa shape index (κ1) is 24.6. The lowest BCUT2D eigenvalue weighted by molar-refractivity contribution is -0.204. The summed E-state index contributed by atoms with van der Waals surface area (Å²) < 4.78 is 17.6. The minimum Gasteiger partial charge on any atom is -0.461 e. The molecular formula is C29H29NO8. The average Bonchev–Trinajstić information content (AvgIpc) is 3.47. The van der Waals surface area contributed by atoms with Crippen molar-refractivity contribution >= 4 is 29.5 Å². The molecule has 38 heavy (non-hydrogen) atoms. The molecule has 3 heterocycles. The SMILES string of the molecule is Cc1ccccc1N1C(=O)[C@H](OC(=O)c2ccccc2)C23[C@@H]1OC(=O)[C@@]21CC(=O)O[C@H]1C[C@@]3(O)C(C)(C)C. The predicted molar refractivity (Wildman–Crippen MR) is 133 cm³/mol. The number of carbonyl (C=O) groups is 4. The second-order valence-corrected chi connectivity index (χ2v) is 11.7. The van der Waals surface area contributed by atoms with Crippen molar-refractivity contribution in [2.75, 3.05) is 4.90 Å². The number of carbonyl (C=O) groups excluding carboxylic acids is 4. The van der Waals surface area contributed by atoms with Crippen molar-refractivity contribution in [3.63, 3.8) is 0 Å². The van der Waals surface area contributed by atoms with E-state index < -0.39 is 64.1 Å². The highest BCUT2D eigenvalue weighted by atomic mass is 16.6. The topological polar surface area (TPSA) is 119 Å². The van der Waals surface area contributed by atoms with Crippen molar-refractivity contribution in [3.8, 4) is 0 Å². The van der Waals surface area contributed by atoms with Crippen LogP contribution in [0, 0.1) is 23.2 Å². The van der Waals surface area contributed by atoms with E-state index >= 15 is 0 Å². The van der Waals surface area contributed by atoms with E-state index in [0.717, 1.165) is 5.56 Å². The van der Waals surface area contributed by atoms with E-state index in [1.54, 1.807) is 76.2 Å². The van der Waals surface area contributed by atoms with Gasteiger partial charge >= 0.3 is 17.9 Å². The molecule has 1 unspecified atom stereocenters. The number of hydrogen-bond donors (Lipinski definition) is 1. The molecule has 2 aromatic rings. The Kier molecular flexibility index (Phi) is 4.96. The molecule has 1 amide bonds. The zero-order valence-electron chi connectivity index (χ0n) is 21.6. The van der Waals surface area contributed by atoms with Gasteiger partial charge in [-0.3, -0.25) is 19.3 Å².